The Hall–Kier alpha value is -2.18. The van der Waals surface area contributed by atoms with E-state index in [1.165, 1.54) is 0 Å². The minimum atomic E-state index is -3.69. The Morgan fingerprint density at radius 1 is 1.52 bits per heavy atom. The van der Waals surface area contributed by atoms with E-state index in [1.807, 2.05) is 0 Å². The quantitative estimate of drug-likeness (QED) is 0.496. The van der Waals surface area contributed by atoms with E-state index >= 15 is 0 Å². The largest absolute Gasteiger partial charge is 0.393 e. The number of nitrogen functional groups attached to an aromatic ring is 1. The average molecular weight is 304 g/mol. The first-order chi connectivity index (χ1) is 9.86. The number of ether oxygens (including phenoxy) is 1. The summed E-state index contributed by atoms with van der Waals surface area (Å²) >= 11 is 0. The number of nitrogens with one attached hydrogen (secondary N) is 1. The number of halogens is 2. The lowest BCUT2D eigenvalue weighted by molar-refractivity contribution is -0.123. The molecule has 1 saturated heterocycles. The van der Waals surface area contributed by atoms with Crippen LogP contribution in [0.25, 0.3) is 11.2 Å². The number of aliphatic hydroxyl groups excluding tert-OH is 2. The van der Waals surface area contributed by atoms with Gasteiger partial charge >= 0.3 is 5.92 Å². The maximum atomic E-state index is 13.7. The van der Waals surface area contributed by atoms with Crippen LogP contribution in [0.5, 0.6) is 0 Å². The number of fused-ring (bicyclic) bond motifs is 1. The molecule has 1 aliphatic rings. The van der Waals surface area contributed by atoms with E-state index < -0.39 is 36.5 Å². The van der Waals surface area contributed by atoms with E-state index in [2.05, 4.69) is 20.3 Å². The van der Waals surface area contributed by atoms with Gasteiger partial charge in [-0.1, -0.05) is 5.21 Å². The lowest BCUT2D eigenvalue weighted by Crippen LogP contribution is -2.40. The molecule has 1 fully saturated rings. The van der Waals surface area contributed by atoms with E-state index in [0.29, 0.717) is 0 Å². The van der Waals surface area contributed by atoms with E-state index in [9.17, 15) is 18.7 Å². The Balaban J connectivity index is 2.12. The van der Waals surface area contributed by atoms with Crippen molar-refractivity contribution in [3.63, 3.8) is 0 Å². The molecule has 0 radical (unpaired) electrons. The van der Waals surface area contributed by atoms with Gasteiger partial charge in [0.15, 0.2) is 23.5 Å². The van der Waals surface area contributed by atoms with Crippen molar-refractivity contribution >= 4 is 17.1 Å². The van der Waals surface area contributed by atoms with Crippen LogP contribution in [0.4, 0.5) is 14.7 Å². The Labute approximate surface area is 114 Å². The highest BCUT2D eigenvalue weighted by atomic mass is 19.3. The Morgan fingerprint density at radius 2 is 2.24 bits per heavy atom. The summed E-state index contributed by atoms with van der Waals surface area (Å²) in [6, 6.07) is 0. The van der Waals surface area contributed by atoms with Crippen LogP contribution >= 0.6 is 0 Å². The number of aromatic amines is 1. The molecule has 114 valence electrons. The predicted molar refractivity (Wildman–Crippen MR) is 62.3 cm³/mol. The van der Waals surface area contributed by atoms with Crippen molar-refractivity contribution in [2.24, 2.45) is 0 Å². The number of anilines is 1. The van der Waals surface area contributed by atoms with Crippen LogP contribution in [0, 0.1) is 0 Å². The summed E-state index contributed by atoms with van der Waals surface area (Å²) in [5, 5.41) is 25.5. The Morgan fingerprint density at radius 3 is 2.86 bits per heavy atom. The molecule has 5 N–H and O–H groups in total. The third-order valence-corrected chi connectivity index (χ3v) is 3.16. The normalized spacial score (nSPS) is 28.3. The molecule has 12 heteroatoms. The van der Waals surface area contributed by atoms with Gasteiger partial charge in [0.25, 0.3) is 5.56 Å². The molecule has 10 nitrogen and oxygen atoms in total. The highest BCUT2D eigenvalue weighted by Gasteiger charge is 2.59. The zero-order valence-corrected chi connectivity index (χ0v) is 10.3. The van der Waals surface area contributed by atoms with E-state index in [4.69, 9.17) is 15.6 Å². The molecule has 0 bridgehead atoms. The first-order valence-electron chi connectivity index (χ1n) is 5.79. The molecule has 2 aromatic rings. The zero-order chi connectivity index (χ0) is 15.4. The monoisotopic (exact) mass is 304 g/mol. The van der Waals surface area contributed by atoms with E-state index in [1.54, 1.807) is 0 Å². The van der Waals surface area contributed by atoms with Crippen molar-refractivity contribution in [3.8, 4) is 0 Å². The third kappa shape index (κ3) is 1.87. The van der Waals surface area contributed by atoms with Crippen LogP contribution in [0.2, 0.25) is 0 Å². The second kappa shape index (κ2) is 4.41. The molecular formula is C9H10F2N6O4. The molecule has 0 aliphatic carbocycles. The van der Waals surface area contributed by atoms with Gasteiger partial charge in [-0.25, -0.2) is 8.78 Å². The minimum absolute atomic E-state index is 0.213. The molecular weight excluding hydrogens is 294 g/mol. The van der Waals surface area contributed by atoms with Gasteiger partial charge in [-0.3, -0.25) is 9.78 Å². The molecule has 0 unspecified atom stereocenters. The van der Waals surface area contributed by atoms with Crippen molar-refractivity contribution in [1.29, 1.82) is 0 Å². The van der Waals surface area contributed by atoms with Crippen LogP contribution in [0.15, 0.2) is 4.79 Å². The fraction of sp³-hybridized carbons (Fsp3) is 0.556. The fourth-order valence-corrected chi connectivity index (χ4v) is 2.10. The van der Waals surface area contributed by atoms with Crippen LogP contribution in [0.1, 0.15) is 6.23 Å². The first kappa shape index (κ1) is 13.8. The molecule has 1 aliphatic heterocycles. The number of hydrogen-bond acceptors (Lipinski definition) is 8. The first-order valence-corrected chi connectivity index (χ1v) is 5.79. The van der Waals surface area contributed by atoms with Gasteiger partial charge < -0.3 is 20.7 Å². The fourth-order valence-electron chi connectivity index (χ4n) is 2.10. The van der Waals surface area contributed by atoms with E-state index in [-0.39, 0.29) is 17.1 Å². The molecule has 21 heavy (non-hydrogen) atoms. The maximum Gasteiger partial charge on any atom is 0.305 e. The van der Waals surface area contributed by atoms with Crippen LogP contribution in [-0.4, -0.2) is 59.9 Å². The number of nitrogens with two attached hydrogens (primary N) is 1. The minimum Gasteiger partial charge on any atom is -0.393 e. The van der Waals surface area contributed by atoms with Gasteiger partial charge in [0.1, 0.15) is 6.10 Å². The van der Waals surface area contributed by atoms with Crippen LogP contribution in [0.3, 0.4) is 0 Å². The van der Waals surface area contributed by atoms with Gasteiger partial charge in [-0.2, -0.15) is 9.67 Å². The number of hydrogen-bond donors (Lipinski definition) is 4. The SMILES string of the molecule is Nc1nc2c(nnn2[C@@H]2O[C@H](CO)C(F)(F)[C@H]2O)c(=O)[nH]1. The van der Waals surface area contributed by atoms with E-state index in [0.717, 1.165) is 4.68 Å². The van der Waals surface area contributed by atoms with Crippen molar-refractivity contribution in [3.05, 3.63) is 10.4 Å². The summed E-state index contributed by atoms with van der Waals surface area (Å²) in [5.74, 6) is -3.96. The van der Waals surface area contributed by atoms with Gasteiger partial charge in [0, 0.05) is 0 Å². The highest BCUT2D eigenvalue weighted by Crippen LogP contribution is 2.41. The standard InChI is InChI=1S/C9H10F2N6O4/c10-9(11)2(1-18)21-7(4(9)19)17-5-3(15-16-17)6(20)14-8(12)13-5/h2,4,7,18-19H,1H2,(H3,12,13,14,20)/t2-,4+,7-/m1/s1. The Kier molecular flexibility index (Phi) is 2.89. The van der Waals surface area contributed by atoms with Gasteiger partial charge in [0.2, 0.25) is 5.95 Å². The van der Waals surface area contributed by atoms with Crippen molar-refractivity contribution in [2.75, 3.05) is 12.3 Å². The number of aromatic nitrogens is 5. The second-order valence-electron chi connectivity index (χ2n) is 4.47. The summed E-state index contributed by atoms with van der Waals surface area (Å²) in [5.41, 5.74) is 4.21. The number of H-pyrrole nitrogens is 1. The van der Waals surface area contributed by atoms with Gasteiger partial charge in [-0.15, -0.1) is 5.10 Å². The second-order valence-corrected chi connectivity index (χ2v) is 4.47. The zero-order valence-electron chi connectivity index (χ0n) is 10.3. The predicted octanol–water partition coefficient (Wildman–Crippen LogP) is -2.02. The molecule has 3 atom stereocenters. The van der Waals surface area contributed by atoms with Crippen molar-refractivity contribution < 1.29 is 23.7 Å². The average Bonchev–Trinajstić information content (AvgIpc) is 2.91. The molecule has 0 saturated carbocycles. The maximum absolute atomic E-state index is 13.7. The van der Waals surface area contributed by atoms with Crippen LogP contribution < -0.4 is 11.3 Å². The molecule has 0 spiro atoms. The topological polar surface area (TPSA) is 152 Å². The summed E-state index contributed by atoms with van der Waals surface area (Å²) in [6.45, 7) is -0.997. The van der Waals surface area contributed by atoms with Crippen molar-refractivity contribution in [2.45, 2.75) is 24.4 Å². The lowest BCUT2D eigenvalue weighted by Gasteiger charge is -2.17. The van der Waals surface area contributed by atoms with Crippen LogP contribution in [-0.2, 0) is 4.74 Å². The number of aliphatic hydroxyl groups is 2. The Bertz CT molecular complexity index is 745. The smallest absolute Gasteiger partial charge is 0.305 e. The molecule has 0 aromatic carbocycles. The van der Waals surface area contributed by atoms with Gasteiger partial charge in [-0.05, 0) is 0 Å². The summed E-state index contributed by atoms with van der Waals surface area (Å²) in [7, 11) is 0. The molecule has 2 aromatic heterocycles. The number of rotatable bonds is 2. The summed E-state index contributed by atoms with van der Waals surface area (Å²) < 4.78 is 33.0. The lowest BCUT2D eigenvalue weighted by atomic mass is 10.1. The molecule has 3 heterocycles. The molecule has 3 rings (SSSR count). The number of alkyl halides is 2. The van der Waals surface area contributed by atoms with Crippen molar-refractivity contribution in [1.82, 2.24) is 25.0 Å². The number of nitrogens with zero attached hydrogens (tertiary/aromatic N) is 4. The van der Waals surface area contributed by atoms with Gasteiger partial charge in [0.05, 0.1) is 6.61 Å². The summed E-state index contributed by atoms with van der Waals surface area (Å²) in [4.78, 5) is 17.5. The third-order valence-electron chi connectivity index (χ3n) is 3.16. The summed E-state index contributed by atoms with van der Waals surface area (Å²) in [6.07, 6.45) is -5.85. The highest BCUT2D eigenvalue weighted by molar-refractivity contribution is 5.69. The molecule has 0 amide bonds.